The van der Waals surface area contributed by atoms with Crippen molar-refractivity contribution in [3.05, 3.63) is 24.3 Å². The molecule has 4 nitrogen and oxygen atoms in total. The highest BCUT2D eigenvalue weighted by Gasteiger charge is 2.30. The zero-order chi connectivity index (χ0) is 13.9. The minimum absolute atomic E-state index is 0.0616. The van der Waals surface area contributed by atoms with Gasteiger partial charge in [0, 0.05) is 35.9 Å². The van der Waals surface area contributed by atoms with Crippen LogP contribution in [0, 0.1) is 0 Å². The molecule has 2 aliphatic heterocycles. The van der Waals surface area contributed by atoms with Crippen LogP contribution in [-0.2, 0) is 9.59 Å². The molecule has 1 unspecified atom stereocenters. The van der Waals surface area contributed by atoms with Crippen LogP contribution < -0.4 is 5.32 Å². The van der Waals surface area contributed by atoms with E-state index in [1.54, 1.807) is 0 Å². The Balaban J connectivity index is 1.66. The fourth-order valence-electron chi connectivity index (χ4n) is 2.33. The molecule has 0 spiro atoms. The van der Waals surface area contributed by atoms with E-state index in [1.165, 1.54) is 11.8 Å². The monoisotopic (exact) mass is 308 g/mol. The van der Waals surface area contributed by atoms with Gasteiger partial charge in [-0.25, -0.2) is 0 Å². The maximum absolute atomic E-state index is 12.2. The van der Waals surface area contributed by atoms with E-state index < -0.39 is 0 Å². The lowest BCUT2D eigenvalue weighted by atomic mass is 10.2. The third kappa shape index (κ3) is 2.96. The molecule has 0 radical (unpaired) electrons. The largest absolute Gasteiger partial charge is 0.341 e. The van der Waals surface area contributed by atoms with Crippen LogP contribution in [0.15, 0.2) is 29.2 Å². The van der Waals surface area contributed by atoms with Crippen LogP contribution in [0.3, 0.4) is 0 Å². The highest BCUT2D eigenvalue weighted by Crippen LogP contribution is 2.36. The summed E-state index contributed by atoms with van der Waals surface area (Å²) < 4.78 is 0. The van der Waals surface area contributed by atoms with Crippen molar-refractivity contribution in [2.24, 2.45) is 0 Å². The van der Waals surface area contributed by atoms with Crippen molar-refractivity contribution in [1.82, 2.24) is 4.90 Å². The number of para-hydroxylation sites is 1. The Morgan fingerprint density at radius 3 is 2.85 bits per heavy atom. The second-order valence-electron chi connectivity index (χ2n) is 4.79. The van der Waals surface area contributed by atoms with Crippen LogP contribution in [0.25, 0.3) is 0 Å². The van der Waals surface area contributed by atoms with Gasteiger partial charge in [-0.2, -0.15) is 11.8 Å². The molecule has 0 bridgehead atoms. The summed E-state index contributed by atoms with van der Waals surface area (Å²) >= 11 is 3.37. The predicted molar refractivity (Wildman–Crippen MR) is 83.2 cm³/mol. The zero-order valence-electron chi connectivity index (χ0n) is 11.0. The van der Waals surface area contributed by atoms with Crippen LogP contribution in [0.4, 0.5) is 5.69 Å². The number of fused-ring (bicyclic) bond motifs is 1. The molecule has 0 aromatic heterocycles. The van der Waals surface area contributed by atoms with Gasteiger partial charge in [0.25, 0.3) is 0 Å². The SMILES string of the molecule is O=C1Nc2ccccc2SC1CC(=O)N1CCSCC1. The molecule has 1 N–H and O–H groups in total. The number of carbonyl (C=O) groups excluding carboxylic acids is 2. The van der Waals surface area contributed by atoms with E-state index in [4.69, 9.17) is 0 Å². The second-order valence-corrected chi connectivity index (χ2v) is 7.26. The van der Waals surface area contributed by atoms with Gasteiger partial charge in [-0.1, -0.05) is 12.1 Å². The lowest BCUT2D eigenvalue weighted by Gasteiger charge is -2.29. The van der Waals surface area contributed by atoms with Gasteiger partial charge in [-0.15, -0.1) is 11.8 Å². The molecule has 106 valence electrons. The van der Waals surface area contributed by atoms with Crippen molar-refractivity contribution in [3.8, 4) is 0 Å². The van der Waals surface area contributed by atoms with E-state index in [-0.39, 0.29) is 23.5 Å². The van der Waals surface area contributed by atoms with Gasteiger partial charge in [0.15, 0.2) is 0 Å². The van der Waals surface area contributed by atoms with Crippen LogP contribution in [0.1, 0.15) is 6.42 Å². The summed E-state index contributed by atoms with van der Waals surface area (Å²) in [5, 5.41) is 2.57. The number of amides is 2. The molecule has 0 aliphatic carbocycles. The molecule has 1 aromatic rings. The lowest BCUT2D eigenvalue weighted by Crippen LogP contribution is -2.41. The summed E-state index contributed by atoms with van der Waals surface area (Å²) in [6.07, 6.45) is 0.287. The minimum Gasteiger partial charge on any atom is -0.341 e. The van der Waals surface area contributed by atoms with Gasteiger partial charge in [0.05, 0.1) is 10.9 Å². The Bertz CT molecular complexity index is 530. The van der Waals surface area contributed by atoms with E-state index in [0.717, 1.165) is 35.2 Å². The number of nitrogens with zero attached hydrogens (tertiary/aromatic N) is 1. The highest BCUT2D eigenvalue weighted by molar-refractivity contribution is 8.01. The maximum Gasteiger partial charge on any atom is 0.238 e. The van der Waals surface area contributed by atoms with E-state index in [0.29, 0.717) is 0 Å². The third-order valence-corrected chi connectivity index (χ3v) is 5.65. The molecule has 2 heterocycles. The van der Waals surface area contributed by atoms with Crippen molar-refractivity contribution < 1.29 is 9.59 Å². The zero-order valence-corrected chi connectivity index (χ0v) is 12.6. The number of nitrogens with one attached hydrogen (secondary N) is 1. The molecule has 1 saturated heterocycles. The number of benzene rings is 1. The number of hydrogen-bond donors (Lipinski definition) is 1. The molecule has 2 aliphatic rings. The summed E-state index contributed by atoms with van der Waals surface area (Å²) in [7, 11) is 0. The maximum atomic E-state index is 12.2. The molecule has 20 heavy (non-hydrogen) atoms. The van der Waals surface area contributed by atoms with Gasteiger partial charge >= 0.3 is 0 Å². The van der Waals surface area contributed by atoms with Crippen molar-refractivity contribution >= 4 is 41.0 Å². The number of rotatable bonds is 2. The summed E-state index contributed by atoms with van der Waals surface area (Å²) in [4.78, 5) is 27.2. The first-order chi connectivity index (χ1) is 9.74. The fourth-order valence-corrected chi connectivity index (χ4v) is 4.33. The number of anilines is 1. The van der Waals surface area contributed by atoms with E-state index >= 15 is 0 Å². The third-order valence-electron chi connectivity index (χ3n) is 3.43. The van der Waals surface area contributed by atoms with Crippen LogP contribution in [0.2, 0.25) is 0 Å². The van der Waals surface area contributed by atoms with Crippen molar-refractivity contribution in [2.45, 2.75) is 16.6 Å². The van der Waals surface area contributed by atoms with Crippen LogP contribution >= 0.6 is 23.5 Å². The molecular weight excluding hydrogens is 292 g/mol. The Labute approximate surface area is 126 Å². The average Bonchev–Trinajstić information content (AvgIpc) is 2.49. The average molecular weight is 308 g/mol. The fraction of sp³-hybridized carbons (Fsp3) is 0.429. The summed E-state index contributed by atoms with van der Waals surface area (Å²) in [6, 6.07) is 7.72. The Morgan fingerprint density at radius 2 is 2.05 bits per heavy atom. The van der Waals surface area contributed by atoms with Crippen molar-refractivity contribution in [3.63, 3.8) is 0 Å². The Hall–Kier alpha value is -1.14. The number of hydrogen-bond acceptors (Lipinski definition) is 4. The Morgan fingerprint density at radius 1 is 1.30 bits per heavy atom. The number of thioether (sulfide) groups is 2. The first-order valence-electron chi connectivity index (χ1n) is 6.66. The summed E-state index contributed by atoms with van der Waals surface area (Å²) in [5.41, 5.74) is 0.848. The molecule has 1 aromatic carbocycles. The molecular formula is C14H16N2O2S2. The Kier molecular flexibility index (Phi) is 4.21. The van der Waals surface area contributed by atoms with Crippen LogP contribution in [0.5, 0.6) is 0 Å². The molecule has 1 fully saturated rings. The smallest absolute Gasteiger partial charge is 0.238 e. The summed E-state index contributed by atoms with van der Waals surface area (Å²) in [5.74, 6) is 2.03. The van der Waals surface area contributed by atoms with Gasteiger partial charge in [0.2, 0.25) is 11.8 Å². The topological polar surface area (TPSA) is 49.4 Å². The van der Waals surface area contributed by atoms with Gasteiger partial charge in [0.1, 0.15) is 0 Å². The summed E-state index contributed by atoms with van der Waals surface area (Å²) in [6.45, 7) is 1.61. The predicted octanol–water partition coefficient (Wildman–Crippen LogP) is 2.06. The van der Waals surface area contributed by atoms with E-state index in [9.17, 15) is 9.59 Å². The molecule has 3 rings (SSSR count). The van der Waals surface area contributed by atoms with Gasteiger partial charge in [-0.05, 0) is 12.1 Å². The minimum atomic E-state index is -0.313. The van der Waals surface area contributed by atoms with Gasteiger partial charge < -0.3 is 10.2 Å². The second kappa shape index (κ2) is 6.10. The molecule has 1 atom stereocenters. The van der Waals surface area contributed by atoms with Crippen molar-refractivity contribution in [1.29, 1.82) is 0 Å². The number of carbonyl (C=O) groups is 2. The standard InChI is InChI=1S/C14H16N2O2S2/c17-13(16-5-7-19-8-6-16)9-12-14(18)15-10-3-1-2-4-11(10)20-12/h1-4,12H,5-9H2,(H,15,18). The first kappa shape index (κ1) is 13.8. The quantitative estimate of drug-likeness (QED) is 0.908. The van der Waals surface area contributed by atoms with E-state index in [1.807, 2.05) is 40.9 Å². The molecule has 0 saturated carbocycles. The highest BCUT2D eigenvalue weighted by atomic mass is 32.2. The van der Waals surface area contributed by atoms with Crippen molar-refractivity contribution in [2.75, 3.05) is 29.9 Å². The molecule has 2 amide bonds. The van der Waals surface area contributed by atoms with Gasteiger partial charge in [-0.3, -0.25) is 9.59 Å². The molecule has 6 heteroatoms. The lowest BCUT2D eigenvalue weighted by molar-refractivity contribution is -0.132. The van der Waals surface area contributed by atoms with E-state index in [2.05, 4.69) is 5.32 Å². The first-order valence-corrected chi connectivity index (χ1v) is 8.69. The van der Waals surface area contributed by atoms with Crippen LogP contribution in [-0.4, -0.2) is 46.6 Å². The normalized spacial score (nSPS) is 22.1.